The van der Waals surface area contributed by atoms with E-state index in [1.54, 1.807) is 0 Å². The molecule has 0 aliphatic carbocycles. The molecule has 1 aromatic heterocycles. The van der Waals surface area contributed by atoms with Crippen molar-refractivity contribution in [1.82, 2.24) is 15.2 Å². The zero-order chi connectivity index (χ0) is 13.1. The molecule has 0 saturated carbocycles. The van der Waals surface area contributed by atoms with Gasteiger partial charge in [-0.25, -0.2) is 4.79 Å². The molecule has 1 saturated heterocycles. The summed E-state index contributed by atoms with van der Waals surface area (Å²) >= 11 is 0. The standard InChI is InChI=1S/C9H12N6O3/c10-7(16)5-4-11-12-8(5)13-14-15-3-1-2-6(15)9(17)18/h4,6H,1-3H2,(H2,10,16)(H,11,12)(H,17,18)/b14-13+. The summed E-state index contributed by atoms with van der Waals surface area (Å²) in [7, 11) is 0. The first-order chi connectivity index (χ1) is 8.59. The number of carboxylic acids is 1. The fraction of sp³-hybridized carbons (Fsp3) is 0.444. The number of hydrogen-bond donors (Lipinski definition) is 3. The molecule has 4 N–H and O–H groups in total. The van der Waals surface area contributed by atoms with Crippen LogP contribution in [0.2, 0.25) is 0 Å². The lowest BCUT2D eigenvalue weighted by Crippen LogP contribution is -2.31. The van der Waals surface area contributed by atoms with Crippen molar-refractivity contribution in [2.75, 3.05) is 6.54 Å². The van der Waals surface area contributed by atoms with Crippen LogP contribution in [-0.4, -0.2) is 44.8 Å². The highest BCUT2D eigenvalue weighted by molar-refractivity contribution is 5.96. The molecule has 0 aromatic carbocycles. The van der Waals surface area contributed by atoms with Gasteiger partial charge in [-0.3, -0.25) is 14.9 Å². The van der Waals surface area contributed by atoms with Gasteiger partial charge in [0.15, 0.2) is 5.82 Å². The molecule has 1 fully saturated rings. The number of nitrogens with zero attached hydrogens (tertiary/aromatic N) is 4. The summed E-state index contributed by atoms with van der Waals surface area (Å²) in [5.41, 5.74) is 5.23. The number of primary amides is 1. The Labute approximate surface area is 102 Å². The largest absolute Gasteiger partial charge is 0.480 e. The van der Waals surface area contributed by atoms with Gasteiger partial charge in [0, 0.05) is 6.54 Å². The number of amides is 1. The molecule has 1 aromatic rings. The van der Waals surface area contributed by atoms with Gasteiger partial charge in [-0.15, -0.1) is 5.11 Å². The molecule has 18 heavy (non-hydrogen) atoms. The Bertz CT molecular complexity index is 496. The van der Waals surface area contributed by atoms with Crippen molar-refractivity contribution in [3.05, 3.63) is 11.8 Å². The first kappa shape index (κ1) is 12.0. The minimum Gasteiger partial charge on any atom is -0.480 e. The second kappa shape index (κ2) is 4.82. The quantitative estimate of drug-likeness (QED) is 0.650. The third-order valence-corrected chi connectivity index (χ3v) is 2.65. The molecule has 1 amide bonds. The van der Waals surface area contributed by atoms with Crippen LogP contribution >= 0.6 is 0 Å². The van der Waals surface area contributed by atoms with E-state index >= 15 is 0 Å². The lowest BCUT2D eigenvalue weighted by molar-refractivity contribution is -0.142. The molecule has 0 radical (unpaired) electrons. The lowest BCUT2D eigenvalue weighted by Gasteiger charge is -2.14. The van der Waals surface area contributed by atoms with Crippen LogP contribution in [0.15, 0.2) is 16.5 Å². The van der Waals surface area contributed by atoms with Gasteiger partial charge in [-0.1, -0.05) is 5.22 Å². The predicted octanol–water partition coefficient (Wildman–Crippen LogP) is 0.0563. The third-order valence-electron chi connectivity index (χ3n) is 2.65. The Morgan fingerprint density at radius 1 is 1.61 bits per heavy atom. The SMILES string of the molecule is NC(=O)c1cn[nH]c1/N=N/N1CCCC1C(=O)O. The number of carbonyl (C=O) groups is 2. The Kier molecular flexibility index (Phi) is 3.22. The first-order valence-electron chi connectivity index (χ1n) is 5.34. The van der Waals surface area contributed by atoms with Gasteiger partial charge in [0.1, 0.15) is 11.6 Å². The van der Waals surface area contributed by atoms with Crippen molar-refractivity contribution in [2.24, 2.45) is 16.1 Å². The predicted molar refractivity (Wildman–Crippen MR) is 59.0 cm³/mol. The summed E-state index contributed by atoms with van der Waals surface area (Å²) in [6.45, 7) is 0.514. The molecule has 2 heterocycles. The average Bonchev–Trinajstić information content (AvgIpc) is 2.94. The van der Waals surface area contributed by atoms with Crippen molar-refractivity contribution >= 4 is 17.7 Å². The van der Waals surface area contributed by atoms with Crippen molar-refractivity contribution in [3.8, 4) is 0 Å². The van der Waals surface area contributed by atoms with E-state index in [4.69, 9.17) is 10.8 Å². The summed E-state index contributed by atoms with van der Waals surface area (Å²) in [4.78, 5) is 21.9. The number of rotatable bonds is 4. The highest BCUT2D eigenvalue weighted by Gasteiger charge is 2.30. The molecular formula is C9H12N6O3. The maximum Gasteiger partial charge on any atom is 0.328 e. The molecule has 1 aliphatic rings. The summed E-state index contributed by atoms with van der Waals surface area (Å²) in [6, 6.07) is -0.673. The molecule has 0 spiro atoms. The summed E-state index contributed by atoms with van der Waals surface area (Å²) < 4.78 is 0. The highest BCUT2D eigenvalue weighted by atomic mass is 16.4. The van der Waals surface area contributed by atoms with E-state index in [-0.39, 0.29) is 11.4 Å². The van der Waals surface area contributed by atoms with Crippen LogP contribution in [0, 0.1) is 0 Å². The molecular weight excluding hydrogens is 240 g/mol. The molecule has 1 aliphatic heterocycles. The Balaban J connectivity index is 2.13. The van der Waals surface area contributed by atoms with Crippen molar-refractivity contribution in [3.63, 3.8) is 0 Å². The van der Waals surface area contributed by atoms with Gasteiger partial charge in [-0.2, -0.15) is 5.10 Å². The maximum atomic E-state index is 11.0. The first-order valence-corrected chi connectivity index (χ1v) is 5.34. The number of carbonyl (C=O) groups excluding carboxylic acids is 1. The van der Waals surface area contributed by atoms with Crippen molar-refractivity contribution < 1.29 is 14.7 Å². The molecule has 2 rings (SSSR count). The van der Waals surface area contributed by atoms with Crippen molar-refractivity contribution in [1.29, 1.82) is 0 Å². The number of aromatic nitrogens is 2. The minimum absolute atomic E-state index is 0.116. The van der Waals surface area contributed by atoms with Crippen LogP contribution in [0.1, 0.15) is 23.2 Å². The monoisotopic (exact) mass is 252 g/mol. The second-order valence-corrected chi connectivity index (χ2v) is 3.85. The van der Waals surface area contributed by atoms with E-state index in [9.17, 15) is 9.59 Å². The number of hydrogen-bond acceptors (Lipinski definition) is 5. The van der Waals surface area contributed by atoms with E-state index in [1.165, 1.54) is 11.2 Å². The summed E-state index contributed by atoms with van der Waals surface area (Å²) in [5, 5.41) is 24.0. The van der Waals surface area contributed by atoms with Gasteiger partial charge in [0.25, 0.3) is 5.91 Å². The minimum atomic E-state index is -0.939. The summed E-state index contributed by atoms with van der Waals surface area (Å²) in [6.07, 6.45) is 2.51. The molecule has 1 unspecified atom stereocenters. The zero-order valence-corrected chi connectivity index (χ0v) is 9.41. The number of carboxylic acid groups (broad SMARTS) is 1. The normalized spacial score (nSPS) is 19.6. The molecule has 96 valence electrons. The molecule has 9 nitrogen and oxygen atoms in total. The maximum absolute atomic E-state index is 11.0. The van der Waals surface area contributed by atoms with E-state index in [1.807, 2.05) is 0 Å². The average molecular weight is 252 g/mol. The Morgan fingerprint density at radius 2 is 2.39 bits per heavy atom. The van der Waals surface area contributed by atoms with Crippen LogP contribution in [0.25, 0.3) is 0 Å². The second-order valence-electron chi connectivity index (χ2n) is 3.85. The van der Waals surface area contributed by atoms with E-state index in [2.05, 4.69) is 20.5 Å². The zero-order valence-electron chi connectivity index (χ0n) is 9.41. The topological polar surface area (TPSA) is 137 Å². The summed E-state index contributed by atoms with van der Waals surface area (Å²) in [5.74, 6) is -1.49. The Morgan fingerprint density at radius 3 is 3.06 bits per heavy atom. The van der Waals surface area contributed by atoms with Gasteiger partial charge in [-0.05, 0) is 12.8 Å². The van der Waals surface area contributed by atoms with Gasteiger partial charge < -0.3 is 10.8 Å². The van der Waals surface area contributed by atoms with E-state index < -0.39 is 17.9 Å². The third kappa shape index (κ3) is 2.29. The van der Waals surface area contributed by atoms with Gasteiger partial charge >= 0.3 is 5.97 Å². The van der Waals surface area contributed by atoms with E-state index in [0.29, 0.717) is 13.0 Å². The molecule has 0 bridgehead atoms. The van der Waals surface area contributed by atoms with Crippen LogP contribution in [0.4, 0.5) is 5.82 Å². The number of nitrogens with one attached hydrogen (secondary N) is 1. The molecule has 9 heteroatoms. The van der Waals surface area contributed by atoms with Crippen LogP contribution in [-0.2, 0) is 4.79 Å². The van der Waals surface area contributed by atoms with Crippen LogP contribution in [0.3, 0.4) is 0 Å². The molecule has 1 atom stereocenters. The van der Waals surface area contributed by atoms with Crippen LogP contribution in [0.5, 0.6) is 0 Å². The van der Waals surface area contributed by atoms with Gasteiger partial charge in [0.05, 0.1) is 6.20 Å². The van der Waals surface area contributed by atoms with Gasteiger partial charge in [0.2, 0.25) is 0 Å². The number of aromatic amines is 1. The number of nitrogens with two attached hydrogens (primary N) is 1. The number of H-pyrrole nitrogens is 1. The Hall–Kier alpha value is -2.45. The fourth-order valence-corrected chi connectivity index (χ4v) is 1.75. The highest BCUT2D eigenvalue weighted by Crippen LogP contribution is 2.20. The lowest BCUT2D eigenvalue weighted by atomic mass is 10.2. The van der Waals surface area contributed by atoms with Crippen LogP contribution < -0.4 is 5.73 Å². The van der Waals surface area contributed by atoms with Crippen molar-refractivity contribution in [2.45, 2.75) is 18.9 Å². The smallest absolute Gasteiger partial charge is 0.328 e. The number of aliphatic carboxylic acids is 1. The fourth-order valence-electron chi connectivity index (χ4n) is 1.75. The van der Waals surface area contributed by atoms with E-state index in [0.717, 1.165) is 6.42 Å².